The third-order valence-electron chi connectivity index (χ3n) is 5.32. The van der Waals surface area contributed by atoms with E-state index in [0.29, 0.717) is 0 Å². The molecule has 0 saturated heterocycles. The summed E-state index contributed by atoms with van der Waals surface area (Å²) in [6.45, 7) is 3.38. The van der Waals surface area contributed by atoms with Crippen LogP contribution in [-0.4, -0.2) is 37.5 Å². The van der Waals surface area contributed by atoms with Gasteiger partial charge in [0.1, 0.15) is 0 Å². The van der Waals surface area contributed by atoms with Crippen molar-refractivity contribution >= 4 is 23.0 Å². The molecule has 2 aromatic rings. The summed E-state index contributed by atoms with van der Waals surface area (Å²) < 4.78 is 0. The van der Waals surface area contributed by atoms with Gasteiger partial charge in [-0.1, -0.05) is 42.8 Å². The van der Waals surface area contributed by atoms with Crippen molar-refractivity contribution in [2.45, 2.75) is 38.5 Å². The molecule has 2 nitrogen and oxygen atoms in total. The van der Waals surface area contributed by atoms with Crippen molar-refractivity contribution in [1.82, 2.24) is 4.90 Å². The van der Waals surface area contributed by atoms with Gasteiger partial charge >= 0.3 is 0 Å². The topological polar surface area (TPSA) is 6.48 Å². The zero-order valence-corrected chi connectivity index (χ0v) is 16.7. The van der Waals surface area contributed by atoms with E-state index in [4.69, 9.17) is 11.6 Å². The van der Waals surface area contributed by atoms with Crippen molar-refractivity contribution in [2.75, 3.05) is 37.5 Å². The number of unbranched alkanes of at least 4 members (excludes halogenated alkanes) is 2. The fraction of sp³-hybridized carbons (Fsp3) is 0.478. The van der Waals surface area contributed by atoms with Crippen LogP contribution >= 0.6 is 11.6 Å². The second-order valence-electron chi connectivity index (χ2n) is 7.32. The number of rotatable bonds is 9. The van der Waals surface area contributed by atoms with Gasteiger partial charge in [-0.25, -0.2) is 0 Å². The maximum Gasteiger partial charge on any atom is 0.0443 e. The third kappa shape index (κ3) is 5.02. The van der Waals surface area contributed by atoms with Crippen molar-refractivity contribution in [3.63, 3.8) is 0 Å². The molecule has 3 rings (SSSR count). The average Bonchev–Trinajstić information content (AvgIpc) is 2.83. The minimum Gasteiger partial charge on any atom is -0.341 e. The molecule has 0 unspecified atom stereocenters. The van der Waals surface area contributed by atoms with Crippen LogP contribution in [0.3, 0.4) is 0 Å². The molecular formula is C23H31ClN2. The Morgan fingerprint density at radius 2 is 1.38 bits per heavy atom. The number of alkyl halides is 1. The maximum absolute atomic E-state index is 5.76. The Balaban J connectivity index is 1.63. The van der Waals surface area contributed by atoms with E-state index in [-0.39, 0.29) is 0 Å². The van der Waals surface area contributed by atoms with Crippen LogP contribution in [0.25, 0.3) is 0 Å². The molecule has 0 fully saturated rings. The summed E-state index contributed by atoms with van der Waals surface area (Å²) in [5.41, 5.74) is 5.72. The lowest BCUT2D eigenvalue weighted by Gasteiger charge is -2.28. The summed E-state index contributed by atoms with van der Waals surface area (Å²) in [5, 5.41) is 0. The van der Waals surface area contributed by atoms with Crippen molar-refractivity contribution in [3.05, 3.63) is 59.7 Å². The van der Waals surface area contributed by atoms with Gasteiger partial charge in [-0.3, -0.25) is 0 Å². The zero-order chi connectivity index (χ0) is 18.2. The van der Waals surface area contributed by atoms with E-state index >= 15 is 0 Å². The van der Waals surface area contributed by atoms with Crippen LogP contribution in [0, 0.1) is 0 Å². The molecule has 1 aliphatic rings. The number of halogens is 1. The number of benzene rings is 2. The molecule has 2 aromatic carbocycles. The van der Waals surface area contributed by atoms with Crippen LogP contribution in [0.4, 0.5) is 11.4 Å². The Hall–Kier alpha value is -1.51. The summed E-state index contributed by atoms with van der Waals surface area (Å²) in [4.78, 5) is 5.00. The van der Waals surface area contributed by atoms with Gasteiger partial charge in [0, 0.05) is 23.8 Å². The zero-order valence-electron chi connectivity index (χ0n) is 16.0. The highest BCUT2D eigenvalue weighted by molar-refractivity contribution is 6.17. The van der Waals surface area contributed by atoms with Crippen molar-refractivity contribution in [3.8, 4) is 0 Å². The van der Waals surface area contributed by atoms with Crippen LogP contribution in [0.1, 0.15) is 36.8 Å². The Kier molecular flexibility index (Phi) is 7.40. The average molecular weight is 371 g/mol. The van der Waals surface area contributed by atoms with Gasteiger partial charge in [0.2, 0.25) is 0 Å². The largest absolute Gasteiger partial charge is 0.341 e. The van der Waals surface area contributed by atoms with E-state index in [0.717, 1.165) is 38.2 Å². The Labute approximate surface area is 163 Å². The van der Waals surface area contributed by atoms with Gasteiger partial charge in [0.05, 0.1) is 0 Å². The molecule has 0 bridgehead atoms. The lowest BCUT2D eigenvalue weighted by molar-refractivity contribution is 0.323. The lowest BCUT2D eigenvalue weighted by Crippen LogP contribution is -2.26. The molecule has 3 heteroatoms. The highest BCUT2D eigenvalue weighted by Crippen LogP contribution is 2.35. The Morgan fingerprint density at radius 3 is 2.00 bits per heavy atom. The molecule has 0 aromatic heterocycles. The number of anilines is 2. The number of hydrogen-bond acceptors (Lipinski definition) is 2. The summed E-state index contributed by atoms with van der Waals surface area (Å²) in [6.07, 6.45) is 7.05. The Morgan fingerprint density at radius 1 is 0.808 bits per heavy atom. The smallest absolute Gasteiger partial charge is 0.0443 e. The fourth-order valence-corrected chi connectivity index (χ4v) is 4.06. The number of nitrogens with zero attached hydrogens (tertiary/aromatic N) is 2. The molecule has 0 amide bonds. The van der Waals surface area contributed by atoms with E-state index < -0.39 is 0 Å². The summed E-state index contributed by atoms with van der Waals surface area (Å²) in [5.74, 6) is 0.789. The lowest BCUT2D eigenvalue weighted by atomic mass is 10.0. The standard InChI is InChI=1S/C23H31ClN2/c1-25(17-8-2-7-16-24)18-9-19-26-22-12-5-3-10-20(22)14-15-21-11-4-6-13-23(21)26/h3-6,10-13H,2,7-9,14-19H2,1H3. The molecule has 1 heterocycles. The van der Waals surface area contributed by atoms with Crippen molar-refractivity contribution in [1.29, 1.82) is 0 Å². The minimum absolute atomic E-state index is 0.789. The monoisotopic (exact) mass is 370 g/mol. The van der Waals surface area contributed by atoms with E-state index in [2.05, 4.69) is 65.4 Å². The Bertz CT molecular complexity index is 638. The predicted octanol–water partition coefficient (Wildman–Crippen LogP) is 5.65. The van der Waals surface area contributed by atoms with E-state index in [1.165, 1.54) is 48.3 Å². The SMILES string of the molecule is CN(CCCCCCl)CCCN1c2ccccc2CCc2ccccc21. The number of hydrogen-bond donors (Lipinski definition) is 0. The first kappa shape index (κ1) is 19.3. The molecule has 0 radical (unpaired) electrons. The molecule has 0 aliphatic carbocycles. The van der Waals surface area contributed by atoms with Crippen LogP contribution < -0.4 is 4.90 Å². The molecule has 0 atom stereocenters. The first-order valence-electron chi connectivity index (χ1n) is 9.97. The van der Waals surface area contributed by atoms with Gasteiger partial charge in [0.15, 0.2) is 0 Å². The van der Waals surface area contributed by atoms with Gasteiger partial charge in [-0.2, -0.15) is 0 Å². The van der Waals surface area contributed by atoms with Crippen LogP contribution in [0.5, 0.6) is 0 Å². The second-order valence-corrected chi connectivity index (χ2v) is 7.69. The van der Waals surface area contributed by atoms with Gasteiger partial charge in [-0.05, 0) is 75.5 Å². The van der Waals surface area contributed by atoms with Gasteiger partial charge < -0.3 is 9.80 Å². The summed E-state index contributed by atoms with van der Waals surface area (Å²) in [6, 6.07) is 17.8. The van der Waals surface area contributed by atoms with Crippen LogP contribution in [0.2, 0.25) is 0 Å². The van der Waals surface area contributed by atoms with Crippen molar-refractivity contribution < 1.29 is 0 Å². The summed E-state index contributed by atoms with van der Waals surface area (Å²) >= 11 is 5.76. The number of aryl methyl sites for hydroxylation is 2. The molecule has 26 heavy (non-hydrogen) atoms. The number of fused-ring (bicyclic) bond motifs is 2. The van der Waals surface area contributed by atoms with Gasteiger partial charge in [-0.15, -0.1) is 11.6 Å². The maximum atomic E-state index is 5.76. The third-order valence-corrected chi connectivity index (χ3v) is 5.59. The first-order chi connectivity index (χ1) is 12.8. The molecule has 1 aliphatic heterocycles. The van der Waals surface area contributed by atoms with Crippen LogP contribution in [0.15, 0.2) is 48.5 Å². The molecule has 0 saturated carbocycles. The quantitative estimate of drug-likeness (QED) is 0.415. The molecule has 140 valence electrons. The van der Waals surface area contributed by atoms with E-state index in [1.807, 2.05) is 0 Å². The minimum atomic E-state index is 0.789. The first-order valence-corrected chi connectivity index (χ1v) is 10.5. The molecular weight excluding hydrogens is 340 g/mol. The van der Waals surface area contributed by atoms with E-state index in [1.54, 1.807) is 0 Å². The van der Waals surface area contributed by atoms with Crippen LogP contribution in [-0.2, 0) is 12.8 Å². The highest BCUT2D eigenvalue weighted by atomic mass is 35.5. The fourth-order valence-electron chi connectivity index (χ4n) is 3.87. The molecule has 0 N–H and O–H groups in total. The summed E-state index contributed by atoms with van der Waals surface area (Å²) in [7, 11) is 2.24. The predicted molar refractivity (Wildman–Crippen MR) is 114 cm³/mol. The number of para-hydroxylation sites is 2. The van der Waals surface area contributed by atoms with Crippen molar-refractivity contribution in [2.24, 2.45) is 0 Å². The normalized spacial score (nSPS) is 13.4. The highest BCUT2D eigenvalue weighted by Gasteiger charge is 2.19. The van der Waals surface area contributed by atoms with Gasteiger partial charge in [0.25, 0.3) is 0 Å². The van der Waals surface area contributed by atoms with E-state index in [9.17, 15) is 0 Å². The second kappa shape index (κ2) is 9.99. The molecule has 0 spiro atoms.